The number of hydrogen-bond acceptors (Lipinski definition) is 9. The second kappa shape index (κ2) is 15.3. The predicted octanol–water partition coefficient (Wildman–Crippen LogP) is 6.48. The normalized spacial score (nSPS) is 14.5. The van der Waals surface area contributed by atoms with Crippen LogP contribution >= 0.6 is 11.6 Å². The molecule has 1 saturated heterocycles. The zero-order chi connectivity index (χ0) is 31.6. The average molecular weight is 627 g/mol. The van der Waals surface area contributed by atoms with Gasteiger partial charge in [-0.05, 0) is 55.6 Å². The molecule has 232 valence electrons. The minimum absolute atomic E-state index is 0.146. The van der Waals surface area contributed by atoms with Crippen LogP contribution in [0.2, 0.25) is 5.02 Å². The van der Waals surface area contributed by atoms with E-state index in [-0.39, 0.29) is 18.6 Å². The van der Waals surface area contributed by atoms with Crippen LogP contribution in [0.3, 0.4) is 0 Å². The summed E-state index contributed by atoms with van der Waals surface area (Å²) in [5.74, 6) is 0.671. The van der Waals surface area contributed by atoms with Gasteiger partial charge in [0.2, 0.25) is 5.91 Å². The third-order valence-electron chi connectivity index (χ3n) is 7.38. The van der Waals surface area contributed by atoms with Crippen LogP contribution in [0.1, 0.15) is 31.5 Å². The predicted molar refractivity (Wildman–Crippen MR) is 175 cm³/mol. The fraction of sp³-hybridized carbons (Fsp3) is 0.294. The minimum Gasteiger partial charge on any atom is -0.486 e. The number of carbonyl (C=O) groups is 1. The van der Waals surface area contributed by atoms with E-state index in [1.807, 2.05) is 36.4 Å². The van der Waals surface area contributed by atoms with Crippen LogP contribution in [0.25, 0.3) is 10.9 Å². The van der Waals surface area contributed by atoms with Gasteiger partial charge >= 0.3 is 0 Å². The van der Waals surface area contributed by atoms with E-state index in [9.17, 15) is 10.1 Å². The number of fused-ring (bicyclic) bond motifs is 1. The SMILES string of the molecule is CCN(CC)C/C=C/C(=O)Nc1c(O[C@H]2CCOC2)ccc2c(Nc3ccc(OCc4ccccn4)c(Cl)c3)c(C#N)cnc12. The maximum Gasteiger partial charge on any atom is 0.248 e. The van der Waals surface area contributed by atoms with Gasteiger partial charge in [0.25, 0.3) is 0 Å². The van der Waals surface area contributed by atoms with E-state index < -0.39 is 0 Å². The maximum absolute atomic E-state index is 13.1. The van der Waals surface area contributed by atoms with Gasteiger partial charge in [0.05, 0.1) is 40.7 Å². The van der Waals surface area contributed by atoms with Gasteiger partial charge in [0, 0.05) is 42.5 Å². The molecule has 10 nitrogen and oxygen atoms in total. The maximum atomic E-state index is 13.1. The lowest BCUT2D eigenvalue weighted by molar-refractivity contribution is -0.111. The van der Waals surface area contributed by atoms with E-state index in [2.05, 4.69) is 45.4 Å². The van der Waals surface area contributed by atoms with Crippen molar-refractivity contribution in [2.75, 3.05) is 43.5 Å². The standard InChI is InChI=1S/C34H35ClN6O4/c1-3-41(4-2)16-7-9-31(42)40-34-30(45-26-14-17-43-22-26)13-11-27-32(23(19-36)20-38-33(27)34)39-24-10-12-29(28(35)18-24)44-21-25-8-5-6-15-37-25/h5-13,15,18,20,26H,3-4,14,16-17,21-22H2,1-2H3,(H,38,39)(H,40,42)/b9-7+/t26-/m0/s1. The van der Waals surface area contributed by atoms with E-state index in [0.29, 0.717) is 69.8 Å². The summed E-state index contributed by atoms with van der Waals surface area (Å²) in [6.07, 6.45) is 7.13. The summed E-state index contributed by atoms with van der Waals surface area (Å²) >= 11 is 6.57. The molecule has 1 aliphatic heterocycles. The first-order valence-electron chi connectivity index (χ1n) is 14.9. The molecule has 1 amide bonds. The second-order valence-electron chi connectivity index (χ2n) is 10.4. The number of carbonyl (C=O) groups excluding carboxylic acids is 1. The van der Waals surface area contributed by atoms with Crippen LogP contribution in [0, 0.1) is 11.3 Å². The summed E-state index contributed by atoms with van der Waals surface area (Å²) in [5.41, 5.74) is 3.15. The number of likely N-dealkylation sites (N-methyl/N-ethyl adjacent to an activating group) is 1. The van der Waals surface area contributed by atoms with E-state index in [1.165, 1.54) is 12.3 Å². The van der Waals surface area contributed by atoms with E-state index in [1.54, 1.807) is 24.4 Å². The van der Waals surface area contributed by atoms with Crippen LogP contribution in [0.5, 0.6) is 11.5 Å². The number of rotatable bonds is 13. The largest absolute Gasteiger partial charge is 0.486 e. The lowest BCUT2D eigenvalue weighted by atomic mass is 10.1. The third-order valence-corrected chi connectivity index (χ3v) is 7.68. The Morgan fingerprint density at radius 2 is 2.00 bits per heavy atom. The molecule has 0 radical (unpaired) electrons. The highest BCUT2D eigenvalue weighted by molar-refractivity contribution is 6.32. The van der Waals surface area contributed by atoms with Gasteiger partial charge in [0.1, 0.15) is 36.0 Å². The third kappa shape index (κ3) is 8.08. The summed E-state index contributed by atoms with van der Waals surface area (Å²) in [7, 11) is 0. The Bertz CT molecular complexity index is 1700. The number of hydrogen-bond donors (Lipinski definition) is 2. The van der Waals surface area contributed by atoms with Crippen LogP contribution in [-0.4, -0.2) is 59.7 Å². The van der Waals surface area contributed by atoms with Gasteiger partial charge in [-0.2, -0.15) is 5.26 Å². The van der Waals surface area contributed by atoms with Crippen molar-refractivity contribution < 1.29 is 19.0 Å². The van der Waals surface area contributed by atoms with Crippen molar-refractivity contribution >= 4 is 45.5 Å². The fourth-order valence-corrected chi connectivity index (χ4v) is 5.14. The first-order valence-corrected chi connectivity index (χ1v) is 15.3. The number of ether oxygens (including phenoxy) is 3. The number of pyridine rings is 2. The number of benzene rings is 2. The summed E-state index contributed by atoms with van der Waals surface area (Å²) in [6.45, 7) is 7.95. The van der Waals surface area contributed by atoms with Crippen molar-refractivity contribution in [1.29, 1.82) is 5.26 Å². The van der Waals surface area contributed by atoms with Gasteiger partial charge < -0.3 is 29.7 Å². The Balaban J connectivity index is 1.45. The van der Waals surface area contributed by atoms with Crippen molar-refractivity contribution in [2.45, 2.75) is 33.0 Å². The van der Waals surface area contributed by atoms with Crippen molar-refractivity contribution in [3.05, 3.63) is 89.4 Å². The molecule has 2 N–H and O–H groups in total. The minimum atomic E-state index is -0.309. The molecule has 2 aromatic heterocycles. The molecule has 3 heterocycles. The number of nitriles is 1. The van der Waals surface area contributed by atoms with Gasteiger partial charge in [-0.3, -0.25) is 14.8 Å². The summed E-state index contributed by atoms with van der Waals surface area (Å²) in [4.78, 5) is 24.2. The Hall–Kier alpha value is -4.69. The zero-order valence-corrected chi connectivity index (χ0v) is 26.0. The smallest absolute Gasteiger partial charge is 0.248 e. The van der Waals surface area contributed by atoms with Gasteiger partial charge in [-0.1, -0.05) is 37.6 Å². The van der Waals surface area contributed by atoms with Crippen molar-refractivity contribution in [3.8, 4) is 17.6 Å². The Morgan fingerprint density at radius 3 is 2.71 bits per heavy atom. The Morgan fingerprint density at radius 1 is 1.16 bits per heavy atom. The zero-order valence-electron chi connectivity index (χ0n) is 25.3. The summed E-state index contributed by atoms with van der Waals surface area (Å²) < 4.78 is 17.6. The van der Waals surface area contributed by atoms with E-state index >= 15 is 0 Å². The van der Waals surface area contributed by atoms with E-state index in [4.69, 9.17) is 25.8 Å². The number of anilines is 3. The topological polar surface area (TPSA) is 122 Å². The lowest BCUT2D eigenvalue weighted by Gasteiger charge is -2.19. The molecule has 0 spiro atoms. The Kier molecular flexibility index (Phi) is 10.8. The number of aromatic nitrogens is 2. The molecule has 4 aromatic rings. The molecule has 0 unspecified atom stereocenters. The molecule has 1 fully saturated rings. The van der Waals surface area contributed by atoms with Crippen LogP contribution in [-0.2, 0) is 16.1 Å². The fourth-order valence-electron chi connectivity index (χ4n) is 4.90. The van der Waals surface area contributed by atoms with Crippen molar-refractivity contribution in [3.63, 3.8) is 0 Å². The molecule has 1 atom stereocenters. The van der Waals surface area contributed by atoms with Crippen molar-refractivity contribution in [2.24, 2.45) is 0 Å². The number of nitrogens with zero attached hydrogens (tertiary/aromatic N) is 4. The van der Waals surface area contributed by atoms with Crippen LogP contribution < -0.4 is 20.1 Å². The molecule has 0 aliphatic carbocycles. The molecule has 0 saturated carbocycles. The Labute approximate surface area is 267 Å². The highest BCUT2D eigenvalue weighted by atomic mass is 35.5. The molecular weight excluding hydrogens is 592 g/mol. The van der Waals surface area contributed by atoms with Gasteiger partial charge in [-0.25, -0.2) is 0 Å². The van der Waals surface area contributed by atoms with Crippen LogP contribution in [0.4, 0.5) is 17.1 Å². The van der Waals surface area contributed by atoms with E-state index in [0.717, 1.165) is 25.2 Å². The highest BCUT2D eigenvalue weighted by Crippen LogP contribution is 2.39. The first-order chi connectivity index (χ1) is 22.0. The van der Waals surface area contributed by atoms with Crippen molar-refractivity contribution in [1.82, 2.24) is 14.9 Å². The first kappa shape index (κ1) is 31.7. The molecule has 5 rings (SSSR count). The monoisotopic (exact) mass is 626 g/mol. The molecule has 1 aliphatic rings. The second-order valence-corrected chi connectivity index (χ2v) is 10.8. The quantitative estimate of drug-likeness (QED) is 0.161. The molecule has 0 bridgehead atoms. The van der Waals surface area contributed by atoms with Crippen LogP contribution in [0.15, 0.2) is 73.1 Å². The molecule has 2 aromatic carbocycles. The summed E-state index contributed by atoms with van der Waals surface area (Å²) in [5, 5.41) is 17.3. The lowest BCUT2D eigenvalue weighted by Crippen LogP contribution is -2.23. The number of amides is 1. The number of nitrogens with one attached hydrogen (secondary N) is 2. The average Bonchev–Trinajstić information content (AvgIpc) is 3.57. The molecule has 45 heavy (non-hydrogen) atoms. The number of halogens is 1. The molecule has 11 heteroatoms. The van der Waals surface area contributed by atoms with Gasteiger partial charge in [-0.15, -0.1) is 0 Å². The molecular formula is C34H35ClN6O4. The highest BCUT2D eigenvalue weighted by Gasteiger charge is 2.22. The van der Waals surface area contributed by atoms with Gasteiger partial charge in [0.15, 0.2) is 0 Å². The summed E-state index contributed by atoms with van der Waals surface area (Å²) in [6, 6.07) is 16.7.